The van der Waals surface area contributed by atoms with Gasteiger partial charge in [-0.3, -0.25) is 0 Å². The van der Waals surface area contributed by atoms with E-state index in [4.69, 9.17) is 10.5 Å². The molecule has 4 heteroatoms. The van der Waals surface area contributed by atoms with Gasteiger partial charge in [-0.2, -0.15) is 0 Å². The van der Waals surface area contributed by atoms with Crippen LogP contribution in [0.25, 0.3) is 0 Å². The van der Waals surface area contributed by atoms with Crippen molar-refractivity contribution in [2.75, 3.05) is 6.61 Å². The molecule has 4 N–H and O–H groups in total. The number of ether oxygens (including phenoxy) is 1. The molecule has 0 amide bonds. The lowest BCUT2D eigenvalue weighted by Gasteiger charge is -2.23. The number of nitrogens with two attached hydrogens (primary N) is 1. The van der Waals surface area contributed by atoms with Gasteiger partial charge in [-0.1, -0.05) is 0 Å². The van der Waals surface area contributed by atoms with Crippen molar-refractivity contribution in [3.05, 3.63) is 17.7 Å². The lowest BCUT2D eigenvalue weighted by atomic mass is 10.0. The van der Waals surface area contributed by atoms with Crippen molar-refractivity contribution < 1.29 is 14.9 Å². The first-order chi connectivity index (χ1) is 6.20. The molecule has 0 spiro atoms. The minimum absolute atomic E-state index is 0.116. The van der Waals surface area contributed by atoms with Crippen LogP contribution in [0.2, 0.25) is 0 Å². The van der Waals surface area contributed by atoms with Crippen LogP contribution in [0.4, 0.5) is 0 Å². The summed E-state index contributed by atoms with van der Waals surface area (Å²) >= 11 is 0. The number of rotatable bonds is 0. The molecular weight excluding hydrogens is 170 g/mol. The van der Waals surface area contributed by atoms with E-state index in [1.54, 1.807) is 6.07 Å². The molecule has 4 nitrogen and oxygen atoms in total. The van der Waals surface area contributed by atoms with E-state index < -0.39 is 0 Å². The largest absolute Gasteiger partial charge is 0.504 e. The summed E-state index contributed by atoms with van der Waals surface area (Å²) in [5.74, 6) is -0.0701. The predicted octanol–water partition coefficient (Wildman–Crippen LogP) is 0.880. The van der Waals surface area contributed by atoms with Crippen molar-refractivity contribution in [3.8, 4) is 17.2 Å². The van der Waals surface area contributed by atoms with Crippen molar-refractivity contribution in [1.82, 2.24) is 0 Å². The Balaban J connectivity index is 2.56. The second kappa shape index (κ2) is 2.81. The average Bonchev–Trinajstić information content (AvgIpc) is 2.12. The number of phenolic OH excluding ortho intramolecular Hbond substituents is 2. The highest BCUT2D eigenvalue weighted by atomic mass is 16.5. The first-order valence-electron chi connectivity index (χ1n) is 4.13. The Kier molecular flexibility index (Phi) is 1.77. The van der Waals surface area contributed by atoms with Gasteiger partial charge in [0.15, 0.2) is 11.5 Å². The van der Waals surface area contributed by atoms with Gasteiger partial charge in [0.1, 0.15) is 0 Å². The van der Waals surface area contributed by atoms with Crippen LogP contribution in [-0.2, 0) is 0 Å². The Morgan fingerprint density at radius 3 is 2.92 bits per heavy atom. The summed E-state index contributed by atoms with van der Waals surface area (Å²) in [6, 6.07) is 2.98. The Labute approximate surface area is 75.6 Å². The van der Waals surface area contributed by atoms with E-state index in [1.165, 1.54) is 6.07 Å². The number of aromatic hydroxyl groups is 2. The van der Waals surface area contributed by atoms with E-state index in [2.05, 4.69) is 0 Å². The Hall–Kier alpha value is -1.42. The molecule has 0 saturated carbocycles. The summed E-state index contributed by atoms with van der Waals surface area (Å²) in [6.07, 6.45) is 0.733. The monoisotopic (exact) mass is 181 g/mol. The summed E-state index contributed by atoms with van der Waals surface area (Å²) in [5, 5.41) is 18.6. The van der Waals surface area contributed by atoms with E-state index in [0.717, 1.165) is 12.0 Å². The SMILES string of the molecule is NC1CCOc2c1ccc(O)c2O. The summed E-state index contributed by atoms with van der Waals surface area (Å²) in [6.45, 7) is 0.477. The number of fused-ring (bicyclic) bond motifs is 1. The summed E-state index contributed by atoms with van der Waals surface area (Å²) in [4.78, 5) is 0. The van der Waals surface area contributed by atoms with Crippen molar-refractivity contribution in [3.63, 3.8) is 0 Å². The summed E-state index contributed by atoms with van der Waals surface area (Å²) < 4.78 is 5.22. The van der Waals surface area contributed by atoms with Gasteiger partial charge in [0.05, 0.1) is 6.61 Å². The zero-order chi connectivity index (χ0) is 9.42. The van der Waals surface area contributed by atoms with Crippen molar-refractivity contribution >= 4 is 0 Å². The number of benzene rings is 1. The van der Waals surface area contributed by atoms with Crippen LogP contribution in [0.5, 0.6) is 17.2 Å². The van der Waals surface area contributed by atoms with Crippen molar-refractivity contribution in [2.24, 2.45) is 5.73 Å². The molecule has 13 heavy (non-hydrogen) atoms. The van der Waals surface area contributed by atoms with Gasteiger partial charge in [0.25, 0.3) is 0 Å². The lowest BCUT2D eigenvalue weighted by Crippen LogP contribution is -2.20. The first kappa shape index (κ1) is 8.19. The Bertz CT molecular complexity index is 338. The second-order valence-corrected chi connectivity index (χ2v) is 3.10. The van der Waals surface area contributed by atoms with Crippen LogP contribution >= 0.6 is 0 Å². The minimum Gasteiger partial charge on any atom is -0.504 e. The highest BCUT2D eigenvalue weighted by Crippen LogP contribution is 2.42. The maximum Gasteiger partial charge on any atom is 0.200 e. The molecule has 1 aliphatic rings. The van der Waals surface area contributed by atoms with Gasteiger partial charge < -0.3 is 20.7 Å². The van der Waals surface area contributed by atoms with Gasteiger partial charge in [0.2, 0.25) is 5.75 Å². The standard InChI is InChI=1S/C9H11NO3/c10-6-3-4-13-9-5(6)1-2-7(11)8(9)12/h1-2,6,11-12H,3-4,10H2. The first-order valence-corrected chi connectivity index (χ1v) is 4.13. The third-order valence-electron chi connectivity index (χ3n) is 2.22. The van der Waals surface area contributed by atoms with Gasteiger partial charge in [0, 0.05) is 18.0 Å². The number of hydrogen-bond donors (Lipinski definition) is 3. The normalized spacial score (nSPS) is 20.5. The average molecular weight is 181 g/mol. The molecule has 1 aliphatic heterocycles. The molecule has 1 heterocycles. The predicted molar refractivity (Wildman–Crippen MR) is 46.8 cm³/mol. The molecule has 0 aliphatic carbocycles. The highest BCUT2D eigenvalue weighted by Gasteiger charge is 2.22. The molecule has 0 fully saturated rings. The molecular formula is C9H11NO3. The molecule has 0 radical (unpaired) electrons. The van der Waals surface area contributed by atoms with Gasteiger partial charge in [-0.05, 0) is 12.1 Å². The Morgan fingerprint density at radius 2 is 2.15 bits per heavy atom. The van der Waals surface area contributed by atoms with Gasteiger partial charge >= 0.3 is 0 Å². The molecule has 0 saturated heterocycles. The fourth-order valence-corrected chi connectivity index (χ4v) is 1.46. The van der Waals surface area contributed by atoms with E-state index in [9.17, 15) is 10.2 Å². The molecule has 1 atom stereocenters. The number of hydrogen-bond acceptors (Lipinski definition) is 4. The van der Waals surface area contributed by atoms with Crippen molar-refractivity contribution in [2.45, 2.75) is 12.5 Å². The van der Waals surface area contributed by atoms with Crippen LogP contribution in [0.3, 0.4) is 0 Å². The fourth-order valence-electron chi connectivity index (χ4n) is 1.46. The quantitative estimate of drug-likeness (QED) is 0.519. The third-order valence-corrected chi connectivity index (χ3v) is 2.22. The fraction of sp³-hybridized carbons (Fsp3) is 0.333. The van der Waals surface area contributed by atoms with Crippen LogP contribution in [-0.4, -0.2) is 16.8 Å². The Morgan fingerprint density at radius 1 is 1.38 bits per heavy atom. The zero-order valence-corrected chi connectivity index (χ0v) is 7.03. The van der Waals surface area contributed by atoms with Crippen molar-refractivity contribution in [1.29, 1.82) is 0 Å². The smallest absolute Gasteiger partial charge is 0.200 e. The molecule has 0 aromatic heterocycles. The molecule has 1 unspecified atom stereocenters. The second-order valence-electron chi connectivity index (χ2n) is 3.10. The van der Waals surface area contributed by atoms with E-state index in [-0.39, 0.29) is 17.5 Å². The molecule has 0 bridgehead atoms. The van der Waals surface area contributed by atoms with Gasteiger partial charge in [-0.25, -0.2) is 0 Å². The number of phenols is 2. The zero-order valence-electron chi connectivity index (χ0n) is 7.03. The van der Waals surface area contributed by atoms with E-state index in [1.807, 2.05) is 0 Å². The summed E-state index contributed by atoms with van der Waals surface area (Å²) in [7, 11) is 0. The van der Waals surface area contributed by atoms with Crippen LogP contribution in [0, 0.1) is 0 Å². The maximum atomic E-state index is 9.43. The van der Waals surface area contributed by atoms with Crippen LogP contribution < -0.4 is 10.5 Å². The molecule has 1 aromatic carbocycles. The maximum absolute atomic E-state index is 9.43. The van der Waals surface area contributed by atoms with Gasteiger partial charge in [-0.15, -0.1) is 0 Å². The van der Waals surface area contributed by atoms with E-state index in [0.29, 0.717) is 12.4 Å². The van der Waals surface area contributed by atoms with Crippen LogP contribution in [0.15, 0.2) is 12.1 Å². The third kappa shape index (κ3) is 1.19. The summed E-state index contributed by atoms with van der Waals surface area (Å²) in [5.41, 5.74) is 6.54. The molecule has 1 aromatic rings. The van der Waals surface area contributed by atoms with Crippen LogP contribution in [0.1, 0.15) is 18.0 Å². The minimum atomic E-state index is -0.215. The topological polar surface area (TPSA) is 75.7 Å². The molecule has 70 valence electrons. The van der Waals surface area contributed by atoms with E-state index >= 15 is 0 Å². The lowest BCUT2D eigenvalue weighted by molar-refractivity contribution is 0.251. The highest BCUT2D eigenvalue weighted by molar-refractivity contribution is 5.55. The molecule has 2 rings (SSSR count).